The second-order valence-corrected chi connectivity index (χ2v) is 7.00. The van der Waals surface area contributed by atoms with E-state index in [1.165, 1.54) is 26.6 Å². The smallest absolute Gasteiger partial charge is 0.416 e. The quantitative estimate of drug-likeness (QED) is 0.221. The molecule has 13 heteroatoms. The monoisotopic (exact) mass is 488 g/mol. The van der Waals surface area contributed by atoms with Gasteiger partial charge < -0.3 is 26.3 Å². The zero-order chi connectivity index (χ0) is 25.8. The summed E-state index contributed by atoms with van der Waals surface area (Å²) in [4.78, 5) is 24.7. The maximum absolute atomic E-state index is 12.9. The third kappa shape index (κ3) is 5.82. The van der Waals surface area contributed by atoms with Crippen LogP contribution in [-0.4, -0.2) is 41.6 Å². The summed E-state index contributed by atoms with van der Waals surface area (Å²) < 4.78 is 49.1. The molecule has 0 fully saturated rings. The molecule has 3 rings (SSSR count). The number of nitrogens with one attached hydrogen (secondary N) is 1. The lowest BCUT2D eigenvalue weighted by atomic mass is 10.2. The van der Waals surface area contributed by atoms with Crippen molar-refractivity contribution in [2.24, 2.45) is 16.5 Å². The van der Waals surface area contributed by atoms with Crippen molar-refractivity contribution in [3.05, 3.63) is 60.1 Å². The lowest BCUT2D eigenvalue weighted by Gasteiger charge is -2.09. The van der Waals surface area contributed by atoms with Crippen LogP contribution < -0.4 is 31.7 Å². The lowest BCUT2D eigenvalue weighted by molar-refractivity contribution is -0.137. The van der Waals surface area contributed by atoms with Gasteiger partial charge >= 0.3 is 6.18 Å². The fraction of sp³-hybridized carbons (Fsp3) is 0.136. The zero-order valence-electron chi connectivity index (χ0n) is 18.6. The number of rotatable bonds is 7. The van der Waals surface area contributed by atoms with Gasteiger partial charge in [-0.1, -0.05) is 6.07 Å². The van der Waals surface area contributed by atoms with Gasteiger partial charge in [0, 0.05) is 23.2 Å². The van der Waals surface area contributed by atoms with E-state index in [0.29, 0.717) is 22.4 Å². The van der Waals surface area contributed by atoms with Gasteiger partial charge in [0.2, 0.25) is 0 Å². The Morgan fingerprint density at radius 3 is 2.46 bits per heavy atom. The second-order valence-electron chi connectivity index (χ2n) is 7.00. The van der Waals surface area contributed by atoms with Gasteiger partial charge in [0.25, 0.3) is 11.6 Å². The summed E-state index contributed by atoms with van der Waals surface area (Å²) in [6.07, 6.45) is -2.42. The van der Waals surface area contributed by atoms with Crippen molar-refractivity contribution in [1.29, 1.82) is 0 Å². The third-order valence-electron chi connectivity index (χ3n) is 4.68. The minimum absolute atomic E-state index is 0.0779. The summed E-state index contributed by atoms with van der Waals surface area (Å²) in [5.41, 5.74) is 10.8. The molecule has 0 aliphatic heterocycles. The van der Waals surface area contributed by atoms with Gasteiger partial charge in [-0.2, -0.15) is 13.2 Å². The third-order valence-corrected chi connectivity index (χ3v) is 4.68. The largest absolute Gasteiger partial charge is 0.493 e. The van der Waals surface area contributed by atoms with Gasteiger partial charge in [-0.15, -0.1) is 0 Å². The average Bonchev–Trinajstić information content (AvgIpc) is 2.82. The summed E-state index contributed by atoms with van der Waals surface area (Å²) in [6, 6.07) is 7.36. The molecule has 7 N–H and O–H groups in total. The molecule has 0 aliphatic rings. The molecule has 2 aromatic carbocycles. The van der Waals surface area contributed by atoms with E-state index >= 15 is 0 Å². The number of nitrogens with zero attached hydrogens (tertiary/aromatic N) is 3. The van der Waals surface area contributed by atoms with E-state index in [1.807, 2.05) is 0 Å². The van der Waals surface area contributed by atoms with Crippen LogP contribution in [0.3, 0.4) is 0 Å². The van der Waals surface area contributed by atoms with Crippen molar-refractivity contribution in [2.45, 2.75) is 6.18 Å². The first kappa shape index (κ1) is 25.0. The van der Waals surface area contributed by atoms with Gasteiger partial charge in [0.05, 0.1) is 25.3 Å². The number of carbonyl (C=O) groups is 1. The zero-order valence-corrected chi connectivity index (χ0v) is 18.6. The number of benzene rings is 2. The van der Waals surface area contributed by atoms with Crippen molar-refractivity contribution < 1.29 is 32.8 Å². The molecule has 0 aliphatic carbocycles. The number of carbonyl (C=O) groups excluding carboxylic acids is 1. The minimum Gasteiger partial charge on any atom is -0.493 e. The van der Waals surface area contributed by atoms with E-state index in [-0.39, 0.29) is 28.7 Å². The van der Waals surface area contributed by atoms with Crippen molar-refractivity contribution in [3.8, 4) is 11.5 Å². The predicted molar refractivity (Wildman–Crippen MR) is 123 cm³/mol. The van der Waals surface area contributed by atoms with Crippen LogP contribution in [0.2, 0.25) is 0 Å². The summed E-state index contributed by atoms with van der Waals surface area (Å²) in [7, 11) is 2.95. The van der Waals surface area contributed by atoms with E-state index in [4.69, 9.17) is 26.4 Å². The molecule has 0 spiro atoms. The normalized spacial score (nSPS) is 12.4. The molecule has 1 aromatic heterocycles. The first-order chi connectivity index (χ1) is 16.5. The predicted octanol–water partition coefficient (Wildman–Crippen LogP) is 1.34. The van der Waals surface area contributed by atoms with Crippen molar-refractivity contribution in [3.63, 3.8) is 0 Å². The SMILES string of the molecule is COc1cc2ncnc(N=C(N)C(=[NH2+])/C(N)=C\C(=O)Nc3cccc(C(F)(F)F)c3)c2cc1OC. The van der Waals surface area contributed by atoms with Crippen LogP contribution in [-0.2, 0) is 11.0 Å². The summed E-state index contributed by atoms with van der Waals surface area (Å²) in [5, 5.41) is 8.69. The van der Waals surface area contributed by atoms with Gasteiger partial charge in [-0.05, 0) is 24.3 Å². The van der Waals surface area contributed by atoms with Crippen molar-refractivity contribution in [2.75, 3.05) is 19.5 Å². The Hall–Kier alpha value is -4.68. The molecule has 35 heavy (non-hydrogen) atoms. The van der Waals surface area contributed by atoms with Crippen LogP contribution in [0.15, 0.2) is 59.5 Å². The van der Waals surface area contributed by atoms with Gasteiger partial charge in [-0.25, -0.2) is 20.4 Å². The van der Waals surface area contributed by atoms with E-state index in [9.17, 15) is 18.0 Å². The lowest BCUT2D eigenvalue weighted by Crippen LogP contribution is -2.51. The number of amidine groups is 1. The number of halogens is 3. The van der Waals surface area contributed by atoms with E-state index < -0.39 is 17.6 Å². The van der Waals surface area contributed by atoms with Crippen LogP contribution in [0, 0.1) is 0 Å². The average molecular weight is 488 g/mol. The Bertz CT molecular complexity index is 1350. The Balaban J connectivity index is 1.83. The number of ether oxygens (including phenoxy) is 2. The number of fused-ring (bicyclic) bond motifs is 1. The summed E-state index contributed by atoms with van der Waals surface area (Å²) in [5.74, 6) is -0.0565. The first-order valence-electron chi connectivity index (χ1n) is 9.83. The van der Waals surface area contributed by atoms with Crippen LogP contribution in [0.25, 0.3) is 10.9 Å². The Morgan fingerprint density at radius 2 is 1.80 bits per heavy atom. The Morgan fingerprint density at radius 1 is 1.11 bits per heavy atom. The number of nitrogens with two attached hydrogens (primary N) is 3. The second kappa shape index (κ2) is 10.1. The molecule has 10 nitrogen and oxygen atoms in total. The number of hydrogen-bond donors (Lipinski definition) is 4. The molecule has 1 amide bonds. The molecular formula is C22H21F3N7O3+. The Kier molecular flexibility index (Phi) is 7.18. The highest BCUT2D eigenvalue weighted by atomic mass is 19.4. The highest BCUT2D eigenvalue weighted by Gasteiger charge is 2.30. The number of anilines is 1. The van der Waals surface area contributed by atoms with Gasteiger partial charge in [0.1, 0.15) is 12.0 Å². The van der Waals surface area contributed by atoms with Crippen LogP contribution >= 0.6 is 0 Å². The van der Waals surface area contributed by atoms with Crippen molar-refractivity contribution in [1.82, 2.24) is 9.97 Å². The molecule has 0 saturated carbocycles. The number of aliphatic imine (C=N–C) groups is 1. The number of aromatic nitrogens is 2. The maximum atomic E-state index is 12.9. The highest BCUT2D eigenvalue weighted by Crippen LogP contribution is 2.34. The first-order valence-corrected chi connectivity index (χ1v) is 9.83. The maximum Gasteiger partial charge on any atom is 0.416 e. The van der Waals surface area contributed by atoms with Crippen LogP contribution in [0.5, 0.6) is 11.5 Å². The van der Waals surface area contributed by atoms with E-state index in [2.05, 4.69) is 20.3 Å². The standard InChI is InChI=1S/C22H20F3N7O3/c1-34-16-7-13-15(9-17(16)35-2)29-10-30-21(13)32-20(28)19(27)14(26)8-18(33)31-12-5-3-4-11(6-12)22(23,24)25/h3-10,27H,26H2,1-2H3,(H,31,33)(H2,28,29,30,32)/p+1/b14-8+,27-19?. The molecule has 3 aromatic rings. The molecule has 182 valence electrons. The summed E-state index contributed by atoms with van der Waals surface area (Å²) in [6.45, 7) is 0. The molecule has 0 saturated heterocycles. The van der Waals surface area contributed by atoms with Crippen molar-refractivity contribution >= 4 is 39.9 Å². The molecule has 0 radical (unpaired) electrons. The molecule has 0 atom stereocenters. The number of methoxy groups -OCH3 is 2. The molecule has 1 heterocycles. The summed E-state index contributed by atoms with van der Waals surface area (Å²) >= 11 is 0. The number of amides is 1. The topological polar surface area (TPSA) is 163 Å². The van der Waals surface area contributed by atoms with Gasteiger partial charge in [0.15, 0.2) is 23.2 Å². The fourth-order valence-corrected chi connectivity index (χ4v) is 2.95. The molecule has 0 unspecified atom stereocenters. The fourth-order valence-electron chi connectivity index (χ4n) is 2.95. The highest BCUT2D eigenvalue weighted by molar-refractivity contribution is 6.45. The van der Waals surface area contributed by atoms with Crippen LogP contribution in [0.4, 0.5) is 24.7 Å². The number of alkyl halides is 3. The minimum atomic E-state index is -4.56. The molecular weight excluding hydrogens is 467 g/mol. The number of hydrogen-bond acceptors (Lipinski definition) is 7. The van der Waals surface area contributed by atoms with Gasteiger partial charge in [-0.3, -0.25) is 4.79 Å². The molecule has 0 bridgehead atoms. The van der Waals surface area contributed by atoms with E-state index in [0.717, 1.165) is 24.3 Å². The Labute approximate surface area is 197 Å². The van der Waals surface area contributed by atoms with E-state index in [1.54, 1.807) is 12.1 Å². The van der Waals surface area contributed by atoms with Crippen LogP contribution in [0.1, 0.15) is 5.56 Å².